The first-order chi connectivity index (χ1) is 15.7. The number of ether oxygens (including phenoxy) is 4. The Balaban J connectivity index is 2.39. The summed E-state index contributed by atoms with van der Waals surface area (Å²) in [5.74, 6) is 0.0914. The first-order valence-corrected chi connectivity index (χ1v) is 10.7. The first-order valence-electron chi connectivity index (χ1n) is 9.98. The molecule has 0 aliphatic rings. The minimum atomic E-state index is -1.45. The van der Waals surface area contributed by atoms with Gasteiger partial charge in [0, 0.05) is 29.3 Å². The number of carbonyl (C=O) groups excluding carboxylic acids is 2. The molecule has 2 aromatic carbocycles. The van der Waals surface area contributed by atoms with Crippen molar-refractivity contribution in [1.29, 1.82) is 0 Å². The number of azo groups is 1. The van der Waals surface area contributed by atoms with Crippen LogP contribution in [0.25, 0.3) is 0 Å². The smallest absolute Gasteiger partial charge is 0.258 e. The second-order valence-corrected chi connectivity index (χ2v) is 7.37. The van der Waals surface area contributed by atoms with E-state index >= 15 is 0 Å². The van der Waals surface area contributed by atoms with Crippen molar-refractivity contribution in [2.45, 2.75) is 26.8 Å². The number of carbonyl (C=O) groups is 2. The van der Waals surface area contributed by atoms with E-state index in [1.807, 2.05) is 0 Å². The van der Waals surface area contributed by atoms with E-state index in [0.29, 0.717) is 41.2 Å². The molecule has 0 saturated heterocycles. The van der Waals surface area contributed by atoms with Gasteiger partial charge in [0.15, 0.2) is 34.5 Å². The minimum Gasteiger partial charge on any atom is -0.493 e. The lowest BCUT2D eigenvalue weighted by Crippen LogP contribution is -2.32. The maximum absolute atomic E-state index is 12.9. The lowest BCUT2D eigenvalue weighted by atomic mass is 10.2. The highest BCUT2D eigenvalue weighted by Gasteiger charge is 2.25. The van der Waals surface area contributed by atoms with Crippen LogP contribution in [-0.4, -0.2) is 45.2 Å². The second-order valence-electron chi connectivity index (χ2n) is 6.52. The number of nitrogens with zero attached hydrogens (tertiary/aromatic N) is 2. The Morgan fingerprint density at radius 3 is 1.97 bits per heavy atom. The van der Waals surface area contributed by atoms with Crippen molar-refractivity contribution in [3.63, 3.8) is 0 Å². The highest BCUT2D eigenvalue weighted by Crippen LogP contribution is 2.41. The van der Waals surface area contributed by atoms with Gasteiger partial charge < -0.3 is 24.3 Å². The zero-order chi connectivity index (χ0) is 24.5. The summed E-state index contributed by atoms with van der Waals surface area (Å²) in [6.07, 6.45) is 0. The van der Waals surface area contributed by atoms with E-state index in [2.05, 4.69) is 15.5 Å². The van der Waals surface area contributed by atoms with Gasteiger partial charge in [0.1, 0.15) is 0 Å². The molecule has 2 aromatic rings. The summed E-state index contributed by atoms with van der Waals surface area (Å²) >= 11 is 12.4. The van der Waals surface area contributed by atoms with Crippen LogP contribution < -0.4 is 24.3 Å². The summed E-state index contributed by atoms with van der Waals surface area (Å²) in [6, 6.07) is 4.61. The number of nitrogens with one attached hydrogen (secondary N) is 1. The van der Waals surface area contributed by atoms with Crippen molar-refractivity contribution in [1.82, 2.24) is 0 Å². The quantitative estimate of drug-likeness (QED) is 0.324. The summed E-state index contributed by atoms with van der Waals surface area (Å²) < 4.78 is 21.5. The van der Waals surface area contributed by atoms with Gasteiger partial charge in [-0.1, -0.05) is 23.2 Å². The SMILES string of the molecule is CCOc1cc(Cl)cc(OCC)c1N=NC(C(C)=O)C(=O)Nc1cc(OC)c(OC)cc1Cl. The largest absolute Gasteiger partial charge is 0.493 e. The second kappa shape index (κ2) is 12.3. The average molecular weight is 498 g/mol. The van der Waals surface area contributed by atoms with Gasteiger partial charge in [-0.15, -0.1) is 5.11 Å². The molecule has 178 valence electrons. The molecule has 0 aromatic heterocycles. The van der Waals surface area contributed by atoms with Crippen molar-refractivity contribution >= 4 is 46.3 Å². The number of Topliss-reactive ketones (excluding diaryl/α,β-unsaturated/α-hetero) is 1. The van der Waals surface area contributed by atoms with Gasteiger partial charge in [-0.05, 0) is 20.8 Å². The first kappa shape index (κ1) is 26.2. The Kier molecular flexibility index (Phi) is 9.74. The average Bonchev–Trinajstić information content (AvgIpc) is 2.76. The molecule has 33 heavy (non-hydrogen) atoms. The van der Waals surface area contributed by atoms with Crippen LogP contribution in [0.4, 0.5) is 11.4 Å². The standard InChI is InChI=1S/C22H25Cl2N3O6/c1-6-32-18-8-13(23)9-19(33-7-2)21(18)27-26-20(12(3)28)22(29)25-15-11-17(31-5)16(30-4)10-14(15)24/h8-11,20H,6-7H2,1-5H3,(H,25,29). The molecule has 11 heteroatoms. The molecule has 1 atom stereocenters. The summed E-state index contributed by atoms with van der Waals surface area (Å²) in [5, 5.41) is 11.2. The van der Waals surface area contributed by atoms with Crippen molar-refractivity contribution in [3.05, 3.63) is 34.3 Å². The zero-order valence-electron chi connectivity index (χ0n) is 18.9. The van der Waals surface area contributed by atoms with Gasteiger partial charge in [0.25, 0.3) is 5.91 Å². The lowest BCUT2D eigenvalue weighted by molar-refractivity contribution is -0.126. The van der Waals surface area contributed by atoms with Gasteiger partial charge >= 0.3 is 0 Å². The highest BCUT2D eigenvalue weighted by molar-refractivity contribution is 6.34. The van der Waals surface area contributed by atoms with Crippen LogP contribution in [0, 0.1) is 0 Å². The predicted molar refractivity (Wildman–Crippen MR) is 126 cm³/mol. The number of ketones is 1. The Morgan fingerprint density at radius 2 is 1.48 bits per heavy atom. The molecule has 0 aliphatic heterocycles. The molecule has 2 rings (SSSR count). The maximum Gasteiger partial charge on any atom is 0.258 e. The molecule has 0 saturated carbocycles. The van der Waals surface area contributed by atoms with Crippen LogP contribution in [0.2, 0.25) is 10.0 Å². The van der Waals surface area contributed by atoms with E-state index in [-0.39, 0.29) is 16.4 Å². The number of hydrogen-bond acceptors (Lipinski definition) is 8. The van der Waals surface area contributed by atoms with Gasteiger partial charge in [-0.3, -0.25) is 9.59 Å². The number of anilines is 1. The molecule has 0 radical (unpaired) electrons. The highest BCUT2D eigenvalue weighted by atomic mass is 35.5. The Morgan fingerprint density at radius 1 is 0.939 bits per heavy atom. The van der Waals surface area contributed by atoms with E-state index in [1.54, 1.807) is 26.0 Å². The molecule has 0 fully saturated rings. The van der Waals surface area contributed by atoms with Crippen molar-refractivity contribution in [3.8, 4) is 23.0 Å². The normalized spacial score (nSPS) is 11.7. The number of amides is 1. The molecular weight excluding hydrogens is 473 g/mol. The van der Waals surface area contributed by atoms with E-state index < -0.39 is 17.7 Å². The minimum absolute atomic E-state index is 0.190. The molecule has 0 spiro atoms. The van der Waals surface area contributed by atoms with Crippen LogP contribution in [0.3, 0.4) is 0 Å². The molecule has 0 aliphatic carbocycles. The summed E-state index contributed by atoms with van der Waals surface area (Å²) in [4.78, 5) is 25.1. The molecule has 9 nitrogen and oxygen atoms in total. The van der Waals surface area contributed by atoms with Crippen LogP contribution in [0.5, 0.6) is 23.0 Å². The Bertz CT molecular complexity index is 1020. The maximum atomic E-state index is 12.9. The number of rotatable bonds is 11. The van der Waals surface area contributed by atoms with Crippen molar-refractivity contribution in [2.24, 2.45) is 10.2 Å². The van der Waals surface area contributed by atoms with Crippen molar-refractivity contribution in [2.75, 3.05) is 32.8 Å². The number of halogens is 2. The van der Waals surface area contributed by atoms with Gasteiger partial charge in [-0.25, -0.2) is 0 Å². The van der Waals surface area contributed by atoms with Gasteiger partial charge in [0.05, 0.1) is 38.1 Å². The zero-order valence-corrected chi connectivity index (χ0v) is 20.4. The van der Waals surface area contributed by atoms with E-state index in [0.717, 1.165) is 0 Å². The predicted octanol–water partition coefficient (Wildman–Crippen LogP) is 5.49. The Hall–Kier alpha value is -3.04. The molecule has 1 unspecified atom stereocenters. The van der Waals surface area contributed by atoms with Gasteiger partial charge in [0.2, 0.25) is 6.04 Å². The van der Waals surface area contributed by atoms with E-state index in [1.165, 1.54) is 33.3 Å². The molecule has 0 bridgehead atoms. The molecule has 1 amide bonds. The van der Waals surface area contributed by atoms with Crippen LogP contribution in [0.15, 0.2) is 34.5 Å². The fourth-order valence-electron chi connectivity index (χ4n) is 2.76. The fourth-order valence-corrected chi connectivity index (χ4v) is 3.16. The topological polar surface area (TPSA) is 108 Å². The number of methoxy groups -OCH3 is 2. The van der Waals surface area contributed by atoms with Gasteiger partial charge in [-0.2, -0.15) is 5.11 Å². The third kappa shape index (κ3) is 6.72. The lowest BCUT2D eigenvalue weighted by Gasteiger charge is -2.15. The monoisotopic (exact) mass is 497 g/mol. The van der Waals surface area contributed by atoms with Crippen LogP contribution in [0.1, 0.15) is 20.8 Å². The molecule has 0 heterocycles. The number of benzene rings is 2. The molecule has 1 N–H and O–H groups in total. The summed E-state index contributed by atoms with van der Waals surface area (Å²) in [7, 11) is 2.91. The van der Waals surface area contributed by atoms with Crippen LogP contribution in [-0.2, 0) is 9.59 Å². The fraction of sp³-hybridized carbons (Fsp3) is 0.364. The number of hydrogen-bond donors (Lipinski definition) is 1. The van der Waals surface area contributed by atoms with E-state index in [9.17, 15) is 9.59 Å². The summed E-state index contributed by atoms with van der Waals surface area (Å²) in [6.45, 7) is 5.49. The Labute approximate surface area is 202 Å². The third-order valence-electron chi connectivity index (χ3n) is 4.24. The molecular formula is C22H25Cl2N3O6. The summed E-state index contributed by atoms with van der Waals surface area (Å²) in [5.41, 5.74) is 0.434. The van der Waals surface area contributed by atoms with E-state index in [4.69, 9.17) is 42.1 Å². The van der Waals surface area contributed by atoms with Crippen LogP contribution >= 0.6 is 23.2 Å². The third-order valence-corrected chi connectivity index (χ3v) is 4.77. The van der Waals surface area contributed by atoms with Crippen molar-refractivity contribution < 1.29 is 28.5 Å².